The largest absolute Gasteiger partial charge is 0.370 e. The minimum absolute atomic E-state index is 0. The fourth-order valence-electron chi connectivity index (χ4n) is 3.42. The molecule has 6 heteroatoms. The molecule has 1 fully saturated rings. The van der Waals surface area contributed by atoms with Crippen LogP contribution in [-0.4, -0.2) is 50.1 Å². The zero-order valence-corrected chi connectivity index (χ0v) is 19.0. The Morgan fingerprint density at radius 2 is 1.79 bits per heavy atom. The first-order valence-corrected chi connectivity index (χ1v) is 9.93. The summed E-state index contributed by atoms with van der Waals surface area (Å²) in [6.45, 7) is 8.37. The maximum Gasteiger partial charge on any atom is 0.193 e. The van der Waals surface area contributed by atoms with Crippen LogP contribution < -0.4 is 16.0 Å². The monoisotopic (exact) mass is 493 g/mol. The summed E-state index contributed by atoms with van der Waals surface area (Å²) in [5, 5.41) is 3.19. The topological polar surface area (TPSA) is 56.9 Å². The van der Waals surface area contributed by atoms with Crippen molar-refractivity contribution < 1.29 is 0 Å². The van der Waals surface area contributed by atoms with Crippen LogP contribution in [-0.2, 0) is 6.42 Å². The van der Waals surface area contributed by atoms with Crippen LogP contribution in [0.3, 0.4) is 0 Å². The number of para-hydroxylation sites is 1. The van der Waals surface area contributed by atoms with Gasteiger partial charge in [0, 0.05) is 50.6 Å². The summed E-state index contributed by atoms with van der Waals surface area (Å²) in [7, 11) is 0. The lowest BCUT2D eigenvalue weighted by atomic mass is 10.1. The highest BCUT2D eigenvalue weighted by molar-refractivity contribution is 14.0. The zero-order chi connectivity index (χ0) is 18.9. The Bertz CT molecular complexity index is 727. The Hall–Kier alpha value is -1.80. The second-order valence-electron chi connectivity index (χ2n) is 6.96. The summed E-state index contributed by atoms with van der Waals surface area (Å²) in [6.07, 6.45) is 2.05. The average molecular weight is 493 g/mol. The molecule has 0 radical (unpaired) electrons. The number of nitrogens with zero attached hydrogens (tertiary/aromatic N) is 3. The first-order chi connectivity index (χ1) is 13.2. The van der Waals surface area contributed by atoms with Gasteiger partial charge in [-0.1, -0.05) is 37.3 Å². The number of aliphatic imine (C=N–C) groups is 1. The van der Waals surface area contributed by atoms with Crippen molar-refractivity contribution in [3.8, 4) is 0 Å². The van der Waals surface area contributed by atoms with E-state index >= 15 is 0 Å². The second-order valence-corrected chi connectivity index (χ2v) is 6.96. The first-order valence-electron chi connectivity index (χ1n) is 9.93. The molecule has 28 heavy (non-hydrogen) atoms. The number of aryl methyl sites for hydroxylation is 1. The van der Waals surface area contributed by atoms with Crippen molar-refractivity contribution in [2.75, 3.05) is 49.5 Å². The lowest BCUT2D eigenvalue weighted by Gasteiger charge is -2.36. The Morgan fingerprint density at radius 1 is 1.04 bits per heavy atom. The number of nitrogens with one attached hydrogen (secondary N) is 1. The van der Waals surface area contributed by atoms with E-state index in [9.17, 15) is 0 Å². The quantitative estimate of drug-likeness (QED) is 0.267. The van der Waals surface area contributed by atoms with Gasteiger partial charge in [-0.15, -0.1) is 24.0 Å². The van der Waals surface area contributed by atoms with Crippen molar-refractivity contribution in [1.82, 2.24) is 4.90 Å². The van der Waals surface area contributed by atoms with Gasteiger partial charge in [-0.2, -0.15) is 0 Å². The molecule has 0 aliphatic carbocycles. The molecule has 3 rings (SSSR count). The number of halogens is 1. The Kier molecular flexibility index (Phi) is 9.57. The highest BCUT2D eigenvalue weighted by Gasteiger charge is 2.16. The number of guanidine groups is 1. The zero-order valence-electron chi connectivity index (χ0n) is 16.7. The highest BCUT2D eigenvalue weighted by Crippen LogP contribution is 2.15. The number of rotatable bonds is 7. The molecular weight excluding hydrogens is 461 g/mol. The summed E-state index contributed by atoms with van der Waals surface area (Å²) in [4.78, 5) is 9.44. The van der Waals surface area contributed by atoms with E-state index in [-0.39, 0.29) is 24.0 Å². The van der Waals surface area contributed by atoms with Gasteiger partial charge in [0.05, 0.1) is 0 Å². The van der Waals surface area contributed by atoms with E-state index in [2.05, 4.69) is 69.5 Å². The Labute approximate surface area is 186 Å². The summed E-state index contributed by atoms with van der Waals surface area (Å²) >= 11 is 0. The number of hydrogen-bond acceptors (Lipinski definition) is 3. The van der Waals surface area contributed by atoms with E-state index < -0.39 is 0 Å². The molecule has 0 unspecified atom stereocenters. The molecule has 1 aliphatic rings. The number of nitrogens with two attached hydrogens (primary N) is 1. The fourth-order valence-corrected chi connectivity index (χ4v) is 3.42. The second kappa shape index (κ2) is 11.9. The molecule has 3 N–H and O–H groups in total. The summed E-state index contributed by atoms with van der Waals surface area (Å²) in [6, 6.07) is 19.0. The van der Waals surface area contributed by atoms with Gasteiger partial charge in [0.15, 0.2) is 5.96 Å². The fraction of sp³-hybridized carbons (Fsp3) is 0.409. The molecule has 1 heterocycles. The molecule has 2 aromatic carbocycles. The smallest absolute Gasteiger partial charge is 0.193 e. The van der Waals surface area contributed by atoms with Gasteiger partial charge < -0.3 is 16.0 Å². The van der Waals surface area contributed by atoms with Gasteiger partial charge in [0.2, 0.25) is 0 Å². The van der Waals surface area contributed by atoms with E-state index in [4.69, 9.17) is 5.73 Å². The van der Waals surface area contributed by atoms with Gasteiger partial charge in [-0.25, -0.2) is 0 Å². The minimum Gasteiger partial charge on any atom is -0.370 e. The summed E-state index contributed by atoms with van der Waals surface area (Å²) < 4.78 is 0. The van der Waals surface area contributed by atoms with Gasteiger partial charge in [-0.05, 0) is 42.7 Å². The molecule has 1 aliphatic heterocycles. The van der Waals surface area contributed by atoms with E-state index in [1.54, 1.807) is 0 Å². The lowest BCUT2D eigenvalue weighted by Crippen LogP contribution is -2.46. The number of hydrogen-bond donors (Lipinski definition) is 2. The third-order valence-corrected chi connectivity index (χ3v) is 5.02. The molecule has 0 bridgehead atoms. The van der Waals surface area contributed by atoms with Crippen LogP contribution in [0.4, 0.5) is 11.4 Å². The summed E-state index contributed by atoms with van der Waals surface area (Å²) in [5.41, 5.74) is 9.65. The van der Waals surface area contributed by atoms with Crippen LogP contribution in [0, 0.1) is 0 Å². The number of anilines is 2. The van der Waals surface area contributed by atoms with E-state index in [1.807, 2.05) is 12.1 Å². The van der Waals surface area contributed by atoms with Crippen LogP contribution >= 0.6 is 24.0 Å². The predicted molar refractivity (Wildman–Crippen MR) is 131 cm³/mol. The van der Waals surface area contributed by atoms with Crippen LogP contribution in [0.15, 0.2) is 59.6 Å². The van der Waals surface area contributed by atoms with Gasteiger partial charge >= 0.3 is 0 Å². The molecular formula is C22H32IN5. The molecule has 1 saturated heterocycles. The molecule has 0 spiro atoms. The van der Waals surface area contributed by atoms with Gasteiger partial charge in [0.1, 0.15) is 0 Å². The maximum atomic E-state index is 6.02. The molecule has 2 aromatic rings. The molecule has 0 saturated carbocycles. The number of piperazine rings is 1. The molecule has 0 atom stereocenters. The van der Waals surface area contributed by atoms with Crippen molar-refractivity contribution in [3.63, 3.8) is 0 Å². The third-order valence-electron chi connectivity index (χ3n) is 5.02. The van der Waals surface area contributed by atoms with Crippen LogP contribution in [0.25, 0.3) is 0 Å². The molecule has 0 aromatic heterocycles. The van der Waals surface area contributed by atoms with Gasteiger partial charge in [0.25, 0.3) is 0 Å². The third kappa shape index (κ3) is 6.98. The van der Waals surface area contributed by atoms with Crippen molar-refractivity contribution >= 4 is 41.3 Å². The summed E-state index contributed by atoms with van der Waals surface area (Å²) in [5.74, 6) is 0.497. The normalized spacial score (nSPS) is 15.2. The Morgan fingerprint density at radius 3 is 2.50 bits per heavy atom. The van der Waals surface area contributed by atoms with Crippen molar-refractivity contribution in [1.29, 1.82) is 0 Å². The standard InChI is InChI=1S/C22H31N5.HI/c1-2-19-8-6-9-20(18-19)25-22(23)24-12-7-13-26-14-16-27(17-15-26)21-10-4-3-5-11-21;/h3-6,8-11,18H,2,7,12-17H2,1H3,(H3,23,24,25);1H. The molecule has 152 valence electrons. The van der Waals surface area contributed by atoms with E-state index in [0.29, 0.717) is 5.96 Å². The van der Waals surface area contributed by atoms with Crippen LogP contribution in [0.5, 0.6) is 0 Å². The van der Waals surface area contributed by atoms with Crippen molar-refractivity contribution in [3.05, 3.63) is 60.2 Å². The maximum absolute atomic E-state index is 6.02. The SMILES string of the molecule is CCc1cccc(NC(N)=NCCCN2CCN(c3ccccc3)CC2)c1.I. The van der Waals surface area contributed by atoms with E-state index in [0.717, 1.165) is 57.8 Å². The molecule has 5 nitrogen and oxygen atoms in total. The van der Waals surface area contributed by atoms with Crippen molar-refractivity contribution in [2.24, 2.45) is 10.7 Å². The lowest BCUT2D eigenvalue weighted by molar-refractivity contribution is 0.256. The van der Waals surface area contributed by atoms with Crippen LogP contribution in [0.1, 0.15) is 18.9 Å². The van der Waals surface area contributed by atoms with Crippen LogP contribution in [0.2, 0.25) is 0 Å². The average Bonchev–Trinajstić information content (AvgIpc) is 2.72. The highest BCUT2D eigenvalue weighted by atomic mass is 127. The molecule has 0 amide bonds. The number of benzene rings is 2. The predicted octanol–water partition coefficient (Wildman–Crippen LogP) is 3.81. The van der Waals surface area contributed by atoms with Crippen molar-refractivity contribution in [2.45, 2.75) is 19.8 Å². The Balaban J connectivity index is 0.00000280. The minimum atomic E-state index is 0. The van der Waals surface area contributed by atoms with Gasteiger partial charge in [-0.3, -0.25) is 9.89 Å². The van der Waals surface area contributed by atoms with E-state index in [1.165, 1.54) is 11.3 Å². The first kappa shape index (κ1) is 22.5.